The molecule has 0 radical (unpaired) electrons. The molecule has 0 spiro atoms. The summed E-state index contributed by atoms with van der Waals surface area (Å²) in [5.41, 5.74) is 10.7. The molecule has 1 aromatic carbocycles. The van der Waals surface area contributed by atoms with Crippen LogP contribution in [-0.4, -0.2) is 54.3 Å². The lowest BCUT2D eigenvalue weighted by molar-refractivity contribution is 0.0993. The van der Waals surface area contributed by atoms with Crippen LogP contribution in [0.1, 0.15) is 20.0 Å². The van der Waals surface area contributed by atoms with E-state index in [0.717, 1.165) is 11.3 Å². The minimum atomic E-state index is -0.745. The molecule has 0 aliphatic carbocycles. The van der Waals surface area contributed by atoms with Crippen LogP contribution < -0.4 is 26.3 Å². The highest BCUT2D eigenvalue weighted by atomic mass is 32.1. The van der Waals surface area contributed by atoms with Crippen LogP contribution in [0.5, 0.6) is 10.9 Å². The van der Waals surface area contributed by atoms with Gasteiger partial charge in [0.15, 0.2) is 0 Å². The molecule has 1 unspecified atom stereocenters. The van der Waals surface area contributed by atoms with Gasteiger partial charge in [0.05, 0.1) is 6.20 Å². The SMILES string of the molecule is NC(=O)c1ccc(OCCNCC(O)COc2ncc(C(N)=O)s2)cc1. The number of aromatic nitrogens is 1. The van der Waals surface area contributed by atoms with Crippen LogP contribution in [0, 0.1) is 0 Å². The molecular weight excluding hydrogens is 360 g/mol. The van der Waals surface area contributed by atoms with Crippen molar-refractivity contribution in [3.63, 3.8) is 0 Å². The van der Waals surface area contributed by atoms with Crippen molar-refractivity contribution in [2.24, 2.45) is 11.5 Å². The van der Waals surface area contributed by atoms with E-state index in [-0.39, 0.29) is 11.8 Å². The third kappa shape index (κ3) is 6.31. The second-order valence-corrected chi connectivity index (χ2v) is 6.25. The zero-order valence-corrected chi connectivity index (χ0v) is 14.7. The van der Waals surface area contributed by atoms with Gasteiger partial charge in [-0.3, -0.25) is 9.59 Å². The zero-order valence-electron chi connectivity index (χ0n) is 13.9. The van der Waals surface area contributed by atoms with Gasteiger partial charge in [-0.15, -0.1) is 0 Å². The molecule has 10 heteroatoms. The van der Waals surface area contributed by atoms with Crippen LogP contribution in [0.15, 0.2) is 30.5 Å². The van der Waals surface area contributed by atoms with E-state index in [2.05, 4.69) is 10.3 Å². The Labute approximate surface area is 153 Å². The van der Waals surface area contributed by atoms with E-state index in [4.69, 9.17) is 20.9 Å². The van der Waals surface area contributed by atoms with Gasteiger partial charge in [-0.25, -0.2) is 4.98 Å². The number of benzene rings is 1. The number of nitrogens with one attached hydrogen (secondary N) is 1. The lowest BCUT2D eigenvalue weighted by Crippen LogP contribution is -2.33. The largest absolute Gasteiger partial charge is 0.492 e. The molecule has 0 saturated carbocycles. The topological polar surface area (TPSA) is 150 Å². The van der Waals surface area contributed by atoms with Gasteiger partial charge in [0.2, 0.25) is 5.91 Å². The van der Waals surface area contributed by atoms with Gasteiger partial charge in [0, 0.05) is 18.7 Å². The third-order valence-electron chi connectivity index (χ3n) is 3.19. The number of carbonyl (C=O) groups is 2. The number of hydrogen-bond donors (Lipinski definition) is 4. The van der Waals surface area contributed by atoms with Crippen molar-refractivity contribution < 1.29 is 24.2 Å². The van der Waals surface area contributed by atoms with Crippen LogP contribution >= 0.6 is 11.3 Å². The first-order valence-corrected chi connectivity index (χ1v) is 8.57. The van der Waals surface area contributed by atoms with Gasteiger partial charge in [-0.2, -0.15) is 0 Å². The Balaban J connectivity index is 1.58. The molecule has 0 aliphatic rings. The molecule has 2 amide bonds. The summed E-state index contributed by atoms with van der Waals surface area (Å²) < 4.78 is 10.8. The quantitative estimate of drug-likeness (QED) is 0.393. The first kappa shape index (κ1) is 19.6. The summed E-state index contributed by atoms with van der Waals surface area (Å²) in [4.78, 5) is 26.1. The number of carbonyl (C=O) groups excluding carboxylic acids is 2. The van der Waals surface area contributed by atoms with Crippen LogP contribution in [0.25, 0.3) is 0 Å². The van der Waals surface area contributed by atoms with Crippen LogP contribution in [0.3, 0.4) is 0 Å². The number of nitrogens with zero attached hydrogens (tertiary/aromatic N) is 1. The van der Waals surface area contributed by atoms with Crippen molar-refractivity contribution in [3.8, 4) is 10.9 Å². The number of primary amides is 2. The Morgan fingerprint density at radius 3 is 2.54 bits per heavy atom. The molecule has 1 aromatic heterocycles. The zero-order chi connectivity index (χ0) is 18.9. The molecule has 1 heterocycles. The monoisotopic (exact) mass is 380 g/mol. The van der Waals surface area contributed by atoms with Gasteiger partial charge in [0.25, 0.3) is 11.1 Å². The van der Waals surface area contributed by atoms with Gasteiger partial charge >= 0.3 is 0 Å². The Kier molecular flexibility index (Phi) is 7.33. The number of thiazole rings is 1. The number of aliphatic hydroxyl groups excluding tert-OH is 1. The molecule has 0 bridgehead atoms. The molecule has 26 heavy (non-hydrogen) atoms. The van der Waals surface area contributed by atoms with Crippen molar-refractivity contribution >= 4 is 23.2 Å². The summed E-state index contributed by atoms with van der Waals surface area (Å²) in [5, 5.41) is 13.1. The number of rotatable bonds is 11. The third-order valence-corrected chi connectivity index (χ3v) is 4.12. The number of aliphatic hydroxyl groups is 1. The van der Waals surface area contributed by atoms with Gasteiger partial charge < -0.3 is 31.4 Å². The summed E-state index contributed by atoms with van der Waals surface area (Å²) >= 11 is 1.03. The minimum Gasteiger partial charge on any atom is -0.492 e. The summed E-state index contributed by atoms with van der Waals surface area (Å²) in [6.07, 6.45) is 0.589. The van der Waals surface area contributed by atoms with E-state index in [9.17, 15) is 14.7 Å². The predicted octanol–water partition coefficient (Wildman–Crippen LogP) is -0.251. The fourth-order valence-corrected chi connectivity index (χ4v) is 2.52. The maximum Gasteiger partial charge on any atom is 0.273 e. The van der Waals surface area contributed by atoms with E-state index in [0.29, 0.717) is 35.9 Å². The molecule has 2 aromatic rings. The van der Waals surface area contributed by atoms with Crippen molar-refractivity contribution in [1.29, 1.82) is 0 Å². The summed E-state index contributed by atoms with van der Waals surface area (Å²) in [6, 6.07) is 6.51. The molecule has 6 N–H and O–H groups in total. The first-order chi connectivity index (χ1) is 12.5. The lowest BCUT2D eigenvalue weighted by Gasteiger charge is -2.12. The van der Waals surface area contributed by atoms with Crippen molar-refractivity contribution in [1.82, 2.24) is 10.3 Å². The number of amides is 2. The number of hydrogen-bond acceptors (Lipinski definition) is 8. The Morgan fingerprint density at radius 1 is 1.19 bits per heavy atom. The van der Waals surface area contributed by atoms with Crippen molar-refractivity contribution in [2.45, 2.75) is 6.10 Å². The summed E-state index contributed by atoms with van der Waals surface area (Å²) in [5.74, 6) is -0.434. The van der Waals surface area contributed by atoms with Crippen LogP contribution in [0.4, 0.5) is 0 Å². The van der Waals surface area contributed by atoms with E-state index in [1.165, 1.54) is 6.20 Å². The fraction of sp³-hybridized carbons (Fsp3) is 0.312. The minimum absolute atomic E-state index is 0.0359. The molecule has 0 saturated heterocycles. The highest BCUT2D eigenvalue weighted by Crippen LogP contribution is 2.19. The Hall–Kier alpha value is -2.69. The fourth-order valence-electron chi connectivity index (χ4n) is 1.89. The summed E-state index contributed by atoms with van der Waals surface area (Å²) in [6.45, 7) is 1.24. The predicted molar refractivity (Wildman–Crippen MR) is 95.5 cm³/mol. The smallest absolute Gasteiger partial charge is 0.273 e. The van der Waals surface area contributed by atoms with Gasteiger partial charge in [-0.1, -0.05) is 11.3 Å². The Morgan fingerprint density at radius 2 is 1.92 bits per heavy atom. The maximum atomic E-state index is 11.0. The Bertz CT molecular complexity index is 734. The standard InChI is InChI=1S/C16H20N4O5S/c17-14(22)10-1-3-12(4-2-10)24-6-5-19-7-11(21)9-25-16-20-8-13(26-16)15(18)23/h1-4,8,11,19,21H,5-7,9H2,(H2,17,22)(H2,18,23). The molecule has 9 nitrogen and oxygen atoms in total. The van der Waals surface area contributed by atoms with E-state index < -0.39 is 17.9 Å². The average Bonchev–Trinajstić information content (AvgIpc) is 3.09. The molecule has 0 fully saturated rings. The lowest BCUT2D eigenvalue weighted by atomic mass is 10.2. The first-order valence-electron chi connectivity index (χ1n) is 7.75. The van der Waals surface area contributed by atoms with Gasteiger partial charge in [0.1, 0.15) is 29.9 Å². The molecule has 2 rings (SSSR count). The van der Waals surface area contributed by atoms with Crippen molar-refractivity contribution in [2.75, 3.05) is 26.3 Å². The summed E-state index contributed by atoms with van der Waals surface area (Å²) in [7, 11) is 0. The van der Waals surface area contributed by atoms with Crippen LogP contribution in [-0.2, 0) is 0 Å². The molecule has 1 atom stereocenters. The van der Waals surface area contributed by atoms with Gasteiger partial charge in [-0.05, 0) is 24.3 Å². The highest BCUT2D eigenvalue weighted by molar-refractivity contribution is 7.15. The normalized spacial score (nSPS) is 11.7. The molecule has 140 valence electrons. The maximum absolute atomic E-state index is 11.0. The average molecular weight is 380 g/mol. The highest BCUT2D eigenvalue weighted by Gasteiger charge is 2.10. The van der Waals surface area contributed by atoms with E-state index in [1.54, 1.807) is 24.3 Å². The number of nitrogens with two attached hydrogens (primary N) is 2. The molecular formula is C16H20N4O5S. The second-order valence-electron chi connectivity index (χ2n) is 5.26. The second kappa shape index (κ2) is 9.70. The number of ether oxygens (including phenoxy) is 2. The molecule has 0 aliphatic heterocycles. The van der Waals surface area contributed by atoms with E-state index >= 15 is 0 Å². The van der Waals surface area contributed by atoms with Crippen LogP contribution in [0.2, 0.25) is 0 Å². The van der Waals surface area contributed by atoms with Crippen molar-refractivity contribution in [3.05, 3.63) is 40.9 Å². The van der Waals surface area contributed by atoms with E-state index in [1.807, 2.05) is 0 Å².